The van der Waals surface area contributed by atoms with Crippen LogP contribution in [0.15, 0.2) is 48.7 Å². The van der Waals surface area contributed by atoms with Gasteiger partial charge in [-0.15, -0.1) is 0 Å². The molecular formula is C25H19ClF3N3O6. The number of nitrogens with zero attached hydrogens (tertiary/aromatic N) is 2. The average Bonchev–Trinajstić information content (AvgIpc) is 2.89. The number of alkyl halides is 3. The molecular weight excluding hydrogens is 531 g/mol. The van der Waals surface area contributed by atoms with Gasteiger partial charge in [0.25, 0.3) is 5.91 Å². The van der Waals surface area contributed by atoms with Gasteiger partial charge in [0.15, 0.2) is 6.10 Å². The molecule has 198 valence electrons. The number of carbonyl (C=O) groups excluding carboxylic acids is 1. The van der Waals surface area contributed by atoms with E-state index in [-0.39, 0.29) is 34.0 Å². The molecule has 0 radical (unpaired) electrons. The van der Waals surface area contributed by atoms with Gasteiger partial charge in [-0.3, -0.25) is 9.78 Å². The number of methoxy groups -OCH3 is 1. The second-order valence-corrected chi connectivity index (χ2v) is 8.12. The molecule has 0 bridgehead atoms. The topological polar surface area (TPSA) is 142 Å². The summed E-state index contributed by atoms with van der Waals surface area (Å²) in [6.45, 7) is -0.730. The zero-order valence-electron chi connectivity index (χ0n) is 19.5. The summed E-state index contributed by atoms with van der Waals surface area (Å²) in [6.07, 6.45) is -5.89. The fraction of sp³-hybridized carbons (Fsp3) is 0.200. The van der Waals surface area contributed by atoms with Gasteiger partial charge in [-0.05, 0) is 18.2 Å². The molecule has 1 aromatic heterocycles. The number of hydrogen-bond acceptors (Lipinski definition) is 7. The number of aromatic nitrogens is 1. The highest BCUT2D eigenvalue weighted by Gasteiger charge is 2.33. The highest BCUT2D eigenvalue weighted by Crippen LogP contribution is 2.37. The molecule has 0 aliphatic carbocycles. The maximum Gasteiger partial charge on any atom is 0.433 e. The minimum atomic E-state index is -4.79. The van der Waals surface area contributed by atoms with E-state index in [0.717, 1.165) is 12.3 Å². The zero-order chi connectivity index (χ0) is 28.0. The first kappa shape index (κ1) is 28.2. The fourth-order valence-corrected chi connectivity index (χ4v) is 3.59. The first-order valence-electron chi connectivity index (χ1n) is 10.7. The van der Waals surface area contributed by atoms with Crippen LogP contribution in [0, 0.1) is 11.3 Å². The number of halogens is 4. The van der Waals surface area contributed by atoms with Crippen molar-refractivity contribution in [3.63, 3.8) is 0 Å². The highest BCUT2D eigenvalue weighted by atomic mass is 35.5. The van der Waals surface area contributed by atoms with Gasteiger partial charge in [0.05, 0.1) is 29.3 Å². The van der Waals surface area contributed by atoms with Crippen molar-refractivity contribution < 1.29 is 42.4 Å². The molecule has 3 aromatic rings. The lowest BCUT2D eigenvalue weighted by molar-refractivity contribution is -0.148. The molecule has 1 amide bonds. The number of hydrogen-bond donors (Lipinski definition) is 3. The summed E-state index contributed by atoms with van der Waals surface area (Å²) in [5.74, 6) is -2.01. The molecule has 0 aliphatic rings. The van der Waals surface area contributed by atoms with Crippen LogP contribution >= 0.6 is 11.6 Å². The Bertz CT molecular complexity index is 1410. The van der Waals surface area contributed by atoms with Gasteiger partial charge in [0.2, 0.25) is 0 Å². The van der Waals surface area contributed by atoms with Crippen molar-refractivity contribution in [2.75, 3.05) is 13.7 Å². The Morgan fingerprint density at radius 2 is 1.89 bits per heavy atom. The first-order valence-corrected chi connectivity index (χ1v) is 11.1. The van der Waals surface area contributed by atoms with Crippen LogP contribution in [0.2, 0.25) is 5.02 Å². The number of aliphatic carboxylic acids is 1. The van der Waals surface area contributed by atoms with E-state index < -0.39 is 42.0 Å². The van der Waals surface area contributed by atoms with E-state index in [1.165, 1.54) is 13.2 Å². The average molecular weight is 550 g/mol. The normalized spacial score (nSPS) is 11.8. The minimum Gasteiger partial charge on any atom is -0.496 e. The van der Waals surface area contributed by atoms with Crippen LogP contribution in [0.4, 0.5) is 13.2 Å². The van der Waals surface area contributed by atoms with Crippen molar-refractivity contribution in [3.05, 3.63) is 76.1 Å². The molecule has 0 spiro atoms. The molecule has 1 heterocycles. The largest absolute Gasteiger partial charge is 0.496 e. The number of nitrogens with one attached hydrogen (secondary N) is 1. The van der Waals surface area contributed by atoms with Crippen LogP contribution in [0.5, 0.6) is 11.5 Å². The van der Waals surface area contributed by atoms with Crippen LogP contribution in [0.3, 0.4) is 0 Å². The Balaban J connectivity index is 2.05. The molecule has 1 atom stereocenters. The molecule has 0 saturated heterocycles. The molecule has 0 aliphatic heterocycles. The lowest BCUT2D eigenvalue weighted by Crippen LogP contribution is -2.28. The molecule has 2 aromatic carbocycles. The third kappa shape index (κ3) is 6.50. The Labute approximate surface area is 219 Å². The number of pyridine rings is 1. The number of aliphatic hydroxyl groups excluding tert-OH is 1. The van der Waals surface area contributed by atoms with E-state index in [0.29, 0.717) is 17.4 Å². The van der Waals surface area contributed by atoms with Crippen LogP contribution in [0.25, 0.3) is 11.1 Å². The number of amides is 1. The molecule has 1 unspecified atom stereocenters. The predicted molar refractivity (Wildman–Crippen MR) is 128 cm³/mol. The maximum absolute atomic E-state index is 13.2. The summed E-state index contributed by atoms with van der Waals surface area (Å²) in [7, 11) is 1.46. The Morgan fingerprint density at radius 1 is 1.18 bits per heavy atom. The number of ether oxygens (including phenoxy) is 2. The number of carboxylic acid groups (broad SMARTS) is 1. The number of carboxylic acids is 1. The lowest BCUT2D eigenvalue weighted by atomic mass is 9.98. The second-order valence-electron chi connectivity index (χ2n) is 7.71. The summed E-state index contributed by atoms with van der Waals surface area (Å²) in [5.41, 5.74) is -1.34. The second kappa shape index (κ2) is 11.8. The van der Waals surface area contributed by atoms with Gasteiger partial charge in [-0.2, -0.15) is 18.4 Å². The van der Waals surface area contributed by atoms with E-state index in [1.807, 2.05) is 0 Å². The summed E-state index contributed by atoms with van der Waals surface area (Å²) in [6, 6.07) is 11.4. The quantitative estimate of drug-likeness (QED) is 0.363. The van der Waals surface area contributed by atoms with E-state index in [4.69, 9.17) is 26.2 Å². The smallest absolute Gasteiger partial charge is 0.433 e. The van der Waals surface area contributed by atoms with Crippen LogP contribution in [-0.2, 0) is 17.5 Å². The molecule has 3 rings (SSSR count). The molecule has 13 heteroatoms. The standard InChI is InChI=1S/C25H19ClF3N3O6/c1-37-20-5-3-2-4-13(20)10-32-23(34)16-7-15(18(26)8-21(16)38-12-19(33)24(35)36)17-11-31-22(25(27,28)29)6-14(17)9-30/h2-8,11,19,33H,10,12H2,1H3,(H,32,34)(H,35,36). The molecule has 0 fully saturated rings. The lowest BCUT2D eigenvalue weighted by Gasteiger charge is -2.17. The van der Waals surface area contributed by atoms with E-state index in [2.05, 4.69) is 10.3 Å². The number of benzene rings is 2. The summed E-state index contributed by atoms with van der Waals surface area (Å²) < 4.78 is 49.9. The summed E-state index contributed by atoms with van der Waals surface area (Å²) in [5, 5.41) is 30.5. The number of carbonyl (C=O) groups is 2. The van der Waals surface area contributed by atoms with Gasteiger partial charge in [-0.25, -0.2) is 4.79 Å². The molecule has 9 nitrogen and oxygen atoms in total. The molecule has 38 heavy (non-hydrogen) atoms. The summed E-state index contributed by atoms with van der Waals surface area (Å²) >= 11 is 6.32. The van der Waals surface area contributed by atoms with E-state index in [1.54, 1.807) is 30.3 Å². The van der Waals surface area contributed by atoms with E-state index in [9.17, 15) is 33.1 Å². The number of aliphatic hydroxyl groups is 1. The Hall–Kier alpha value is -4.34. The Morgan fingerprint density at radius 3 is 2.53 bits per heavy atom. The minimum absolute atomic E-state index is 0.00184. The maximum atomic E-state index is 13.2. The third-order valence-corrected chi connectivity index (χ3v) is 5.55. The third-order valence-electron chi connectivity index (χ3n) is 5.23. The van der Waals surface area contributed by atoms with Crippen molar-refractivity contribution in [1.82, 2.24) is 10.3 Å². The fourth-order valence-electron chi connectivity index (χ4n) is 3.34. The monoisotopic (exact) mass is 549 g/mol. The summed E-state index contributed by atoms with van der Waals surface area (Å²) in [4.78, 5) is 27.5. The van der Waals surface area contributed by atoms with Crippen LogP contribution in [0.1, 0.15) is 27.2 Å². The van der Waals surface area contributed by atoms with Crippen molar-refractivity contribution in [2.45, 2.75) is 18.8 Å². The molecule has 0 saturated carbocycles. The number of rotatable bonds is 9. The number of para-hydroxylation sites is 1. The van der Waals surface area contributed by atoms with Crippen molar-refractivity contribution in [3.8, 4) is 28.7 Å². The molecule has 3 N–H and O–H groups in total. The van der Waals surface area contributed by atoms with Crippen LogP contribution in [-0.4, -0.2) is 46.9 Å². The first-order chi connectivity index (χ1) is 18.0. The highest BCUT2D eigenvalue weighted by molar-refractivity contribution is 6.33. The van der Waals surface area contributed by atoms with E-state index >= 15 is 0 Å². The predicted octanol–water partition coefficient (Wildman–Crippen LogP) is 4.06. The van der Waals surface area contributed by atoms with Gasteiger partial charge in [0.1, 0.15) is 23.8 Å². The van der Waals surface area contributed by atoms with Gasteiger partial charge >= 0.3 is 12.1 Å². The van der Waals surface area contributed by atoms with Gasteiger partial charge < -0.3 is 25.0 Å². The van der Waals surface area contributed by atoms with Crippen LogP contribution < -0.4 is 14.8 Å². The van der Waals surface area contributed by atoms with Gasteiger partial charge in [0, 0.05) is 35.5 Å². The number of nitriles is 1. The van der Waals surface area contributed by atoms with Crippen molar-refractivity contribution in [1.29, 1.82) is 5.26 Å². The van der Waals surface area contributed by atoms with Crippen molar-refractivity contribution in [2.24, 2.45) is 0 Å². The zero-order valence-corrected chi connectivity index (χ0v) is 20.3. The SMILES string of the molecule is COc1ccccc1CNC(=O)c1cc(-c2cnc(C(F)(F)F)cc2C#N)c(Cl)cc1OCC(O)C(=O)O. The Kier molecular flexibility index (Phi) is 8.77. The van der Waals surface area contributed by atoms with Crippen molar-refractivity contribution >= 4 is 23.5 Å². The van der Waals surface area contributed by atoms with Gasteiger partial charge in [-0.1, -0.05) is 29.8 Å².